The van der Waals surface area contributed by atoms with E-state index >= 15 is 0 Å². The molecule has 1 aromatic carbocycles. The van der Waals surface area contributed by atoms with Gasteiger partial charge in [0, 0.05) is 18.7 Å². The molecule has 0 aliphatic rings. The Bertz CT molecular complexity index is 546. The first-order chi connectivity index (χ1) is 8.29. The molecule has 0 saturated carbocycles. The van der Waals surface area contributed by atoms with Crippen LogP contribution in [0.3, 0.4) is 0 Å². The van der Waals surface area contributed by atoms with Crippen molar-refractivity contribution in [1.29, 1.82) is 0 Å². The van der Waals surface area contributed by atoms with E-state index in [0.29, 0.717) is 5.56 Å². The van der Waals surface area contributed by atoms with E-state index in [0.717, 1.165) is 6.26 Å². The first-order valence-corrected chi connectivity index (χ1v) is 7.37. The van der Waals surface area contributed by atoms with Crippen molar-refractivity contribution in [2.45, 2.75) is 0 Å². The molecule has 100 valence electrons. The van der Waals surface area contributed by atoms with Gasteiger partial charge < -0.3 is 11.1 Å². The zero-order valence-electron chi connectivity index (χ0n) is 9.73. The lowest BCUT2D eigenvalue weighted by Crippen LogP contribution is -2.27. The van der Waals surface area contributed by atoms with Gasteiger partial charge in [0.25, 0.3) is 0 Å². The van der Waals surface area contributed by atoms with Crippen molar-refractivity contribution in [2.24, 2.45) is 5.73 Å². The lowest BCUT2D eigenvalue weighted by Gasteiger charge is -2.09. The van der Waals surface area contributed by atoms with E-state index in [1.165, 1.54) is 12.1 Å². The summed E-state index contributed by atoms with van der Waals surface area (Å²) in [5, 5.41) is 2.77. The summed E-state index contributed by atoms with van der Waals surface area (Å²) in [6.45, 7) is 0.450. The van der Waals surface area contributed by atoms with Gasteiger partial charge in [-0.15, -0.1) is 0 Å². The summed E-state index contributed by atoms with van der Waals surface area (Å²) in [7, 11) is -3.22. The number of hydrogen-bond donors (Lipinski definition) is 3. The third-order valence-corrected chi connectivity index (χ3v) is 3.02. The van der Waals surface area contributed by atoms with Gasteiger partial charge in [0.2, 0.25) is 10.0 Å². The molecule has 0 aromatic heterocycles. The van der Waals surface area contributed by atoms with Gasteiger partial charge in [-0.05, 0) is 18.2 Å². The Morgan fingerprint density at radius 3 is 2.61 bits per heavy atom. The largest absolute Gasteiger partial charge is 0.389 e. The van der Waals surface area contributed by atoms with Crippen molar-refractivity contribution >= 4 is 32.9 Å². The van der Waals surface area contributed by atoms with Crippen molar-refractivity contribution in [3.63, 3.8) is 0 Å². The van der Waals surface area contributed by atoms with Gasteiger partial charge in [0.15, 0.2) is 0 Å². The Labute approximate surface area is 111 Å². The fourth-order valence-electron chi connectivity index (χ4n) is 1.25. The molecule has 0 spiro atoms. The highest BCUT2D eigenvalue weighted by molar-refractivity contribution is 7.88. The fourth-order valence-corrected chi connectivity index (χ4v) is 1.85. The summed E-state index contributed by atoms with van der Waals surface area (Å²) in [5.74, 6) is -0.486. The van der Waals surface area contributed by atoms with Crippen LogP contribution in [0.4, 0.5) is 10.1 Å². The molecule has 1 aromatic rings. The van der Waals surface area contributed by atoms with Crippen LogP contribution in [-0.4, -0.2) is 32.8 Å². The lowest BCUT2D eigenvalue weighted by atomic mass is 10.2. The van der Waals surface area contributed by atoms with Crippen molar-refractivity contribution in [1.82, 2.24) is 4.72 Å². The molecule has 1 rings (SSSR count). The Morgan fingerprint density at radius 2 is 2.11 bits per heavy atom. The third kappa shape index (κ3) is 4.94. The Balaban J connectivity index is 2.56. The molecule has 18 heavy (non-hydrogen) atoms. The highest BCUT2D eigenvalue weighted by Crippen LogP contribution is 2.15. The number of nitrogens with two attached hydrogens (primary N) is 1. The minimum Gasteiger partial charge on any atom is -0.389 e. The zero-order valence-corrected chi connectivity index (χ0v) is 11.4. The van der Waals surface area contributed by atoms with Crippen LogP contribution in [-0.2, 0) is 10.0 Å². The minimum atomic E-state index is -3.22. The average Bonchev–Trinajstić information content (AvgIpc) is 2.24. The van der Waals surface area contributed by atoms with E-state index < -0.39 is 15.8 Å². The molecule has 0 aliphatic carbocycles. The zero-order chi connectivity index (χ0) is 13.8. The summed E-state index contributed by atoms with van der Waals surface area (Å²) in [5.41, 5.74) is 6.09. The molecule has 0 bridgehead atoms. The molecule has 0 fully saturated rings. The van der Waals surface area contributed by atoms with Gasteiger partial charge in [-0.3, -0.25) is 0 Å². The first kappa shape index (κ1) is 14.8. The summed E-state index contributed by atoms with van der Waals surface area (Å²) in [6, 6.07) is 4.33. The van der Waals surface area contributed by atoms with E-state index in [9.17, 15) is 12.8 Å². The molecule has 8 heteroatoms. The maximum atomic E-state index is 13.6. The summed E-state index contributed by atoms with van der Waals surface area (Å²) < 4.78 is 37.4. The topological polar surface area (TPSA) is 84.2 Å². The van der Waals surface area contributed by atoms with Crippen LogP contribution < -0.4 is 15.8 Å². The summed E-state index contributed by atoms with van der Waals surface area (Å²) >= 11 is 4.73. The van der Waals surface area contributed by atoms with Crippen LogP contribution in [0.25, 0.3) is 0 Å². The molecule has 0 saturated heterocycles. The van der Waals surface area contributed by atoms with Gasteiger partial charge >= 0.3 is 0 Å². The maximum absolute atomic E-state index is 13.6. The molecule has 0 atom stereocenters. The van der Waals surface area contributed by atoms with Crippen LogP contribution in [0, 0.1) is 5.82 Å². The normalized spacial score (nSPS) is 11.2. The average molecular weight is 291 g/mol. The molecule has 0 amide bonds. The number of anilines is 1. The Hall–Kier alpha value is -1.25. The predicted molar refractivity (Wildman–Crippen MR) is 73.6 cm³/mol. The number of hydrogen-bond acceptors (Lipinski definition) is 4. The van der Waals surface area contributed by atoms with Crippen molar-refractivity contribution < 1.29 is 12.8 Å². The van der Waals surface area contributed by atoms with Crippen molar-refractivity contribution in [2.75, 3.05) is 24.7 Å². The molecular formula is C10H14FN3O2S2. The van der Waals surface area contributed by atoms with Crippen LogP contribution in [0.5, 0.6) is 0 Å². The van der Waals surface area contributed by atoms with Crippen molar-refractivity contribution in [3.8, 4) is 0 Å². The second-order valence-electron chi connectivity index (χ2n) is 3.65. The van der Waals surface area contributed by atoms with Crippen LogP contribution in [0.2, 0.25) is 0 Å². The van der Waals surface area contributed by atoms with Gasteiger partial charge in [0.05, 0.1) is 11.9 Å². The second kappa shape index (κ2) is 6.07. The highest BCUT2D eigenvalue weighted by atomic mass is 32.2. The molecule has 0 radical (unpaired) electrons. The van der Waals surface area contributed by atoms with Gasteiger partial charge in [-0.1, -0.05) is 12.2 Å². The number of sulfonamides is 1. The SMILES string of the molecule is CS(=O)(=O)NCCNc1ccc(C(N)=S)cc1F. The molecule has 0 aliphatic heterocycles. The standard InChI is InChI=1S/C10H14FN3O2S2/c1-18(15,16)14-5-4-13-9-3-2-7(10(12)17)6-8(9)11/h2-3,6,13-14H,4-5H2,1H3,(H2,12,17). The smallest absolute Gasteiger partial charge is 0.208 e. The van der Waals surface area contributed by atoms with E-state index in [2.05, 4.69) is 10.0 Å². The minimum absolute atomic E-state index is 0.124. The Kier molecular flexibility index (Phi) is 5.00. The number of benzene rings is 1. The third-order valence-electron chi connectivity index (χ3n) is 2.06. The molecule has 0 heterocycles. The maximum Gasteiger partial charge on any atom is 0.208 e. The first-order valence-electron chi connectivity index (χ1n) is 5.07. The lowest BCUT2D eigenvalue weighted by molar-refractivity contribution is 0.589. The van der Waals surface area contributed by atoms with E-state index in [1.807, 2.05) is 0 Å². The number of halogens is 1. The van der Waals surface area contributed by atoms with Gasteiger partial charge in [0.1, 0.15) is 10.8 Å². The molecule has 5 nitrogen and oxygen atoms in total. The van der Waals surface area contributed by atoms with E-state index in [1.54, 1.807) is 6.07 Å². The van der Waals surface area contributed by atoms with Crippen LogP contribution in [0.15, 0.2) is 18.2 Å². The quantitative estimate of drug-likeness (QED) is 0.522. The number of thiocarbonyl (C=S) groups is 1. The highest BCUT2D eigenvalue weighted by Gasteiger charge is 2.05. The van der Waals surface area contributed by atoms with E-state index in [-0.39, 0.29) is 23.8 Å². The molecular weight excluding hydrogens is 277 g/mol. The molecule has 4 N–H and O–H groups in total. The second-order valence-corrected chi connectivity index (χ2v) is 5.92. The van der Waals surface area contributed by atoms with E-state index in [4.69, 9.17) is 18.0 Å². The van der Waals surface area contributed by atoms with Crippen molar-refractivity contribution in [3.05, 3.63) is 29.6 Å². The summed E-state index contributed by atoms with van der Waals surface area (Å²) in [4.78, 5) is 0.124. The van der Waals surface area contributed by atoms with Gasteiger partial charge in [-0.2, -0.15) is 0 Å². The fraction of sp³-hybridized carbons (Fsp3) is 0.300. The predicted octanol–water partition coefficient (Wildman–Crippen LogP) is 0.421. The summed E-state index contributed by atoms with van der Waals surface area (Å²) in [6.07, 6.45) is 1.06. The Morgan fingerprint density at radius 1 is 1.44 bits per heavy atom. The number of nitrogens with one attached hydrogen (secondary N) is 2. The van der Waals surface area contributed by atoms with Crippen LogP contribution >= 0.6 is 12.2 Å². The van der Waals surface area contributed by atoms with Gasteiger partial charge in [-0.25, -0.2) is 17.5 Å². The number of rotatable bonds is 6. The van der Waals surface area contributed by atoms with Crippen LogP contribution in [0.1, 0.15) is 5.56 Å². The molecule has 0 unspecified atom stereocenters. The monoisotopic (exact) mass is 291 g/mol.